The molecule has 0 saturated heterocycles. The molecule has 0 spiro atoms. The molecule has 3 heteroatoms. The number of nitrogens with zero attached hydrogens (tertiary/aromatic N) is 3. The number of fused-ring (bicyclic) bond motifs is 3. The first kappa shape index (κ1) is 33.9. The molecular weight excluding hydrogens is 691 g/mol. The van der Waals surface area contributed by atoms with Gasteiger partial charge in [-0.3, -0.25) is 0 Å². The van der Waals surface area contributed by atoms with Gasteiger partial charge in [-0.25, -0.2) is 14.8 Å². The third-order valence-corrected chi connectivity index (χ3v) is 11.2. The fraction of sp³-hybridized carbons (Fsp3) is 0.0185. The summed E-state index contributed by atoms with van der Waals surface area (Å²) < 4.78 is 0. The van der Waals surface area contributed by atoms with Gasteiger partial charge < -0.3 is 0 Å². The lowest BCUT2D eigenvalue weighted by molar-refractivity contribution is 0.769. The lowest BCUT2D eigenvalue weighted by atomic mass is 9.67. The second-order valence-corrected chi connectivity index (χ2v) is 14.4. The van der Waals surface area contributed by atoms with E-state index in [4.69, 9.17) is 16.5 Å². The van der Waals surface area contributed by atoms with Crippen LogP contribution in [0.3, 0.4) is 0 Å². The minimum Gasteiger partial charge on any atom is -0.238 e. The predicted octanol–water partition coefficient (Wildman–Crippen LogP) is 13.7. The SMILES string of the molecule is [C-]#[N+]c1ccc2c(c1)-c1c(-c3cccc(-c4cc(-c5ccc(-c6ccccc6)cc5)nc(-c5ccccc5)n4)c3)cccc1C2(c1ccccc1)c1ccccc1. The van der Waals surface area contributed by atoms with Crippen molar-refractivity contribution in [2.75, 3.05) is 0 Å². The largest absolute Gasteiger partial charge is 0.238 e. The molecule has 0 fully saturated rings. The van der Waals surface area contributed by atoms with E-state index in [-0.39, 0.29) is 0 Å². The molecule has 0 aliphatic heterocycles. The zero-order valence-corrected chi connectivity index (χ0v) is 31.0. The quantitative estimate of drug-likeness (QED) is 0.153. The number of hydrogen-bond donors (Lipinski definition) is 0. The Morgan fingerprint density at radius 2 is 0.895 bits per heavy atom. The molecule has 1 aliphatic carbocycles. The minimum absolute atomic E-state index is 0.566. The molecule has 57 heavy (non-hydrogen) atoms. The van der Waals surface area contributed by atoms with Gasteiger partial charge in [-0.2, -0.15) is 0 Å². The number of aromatic nitrogens is 2. The van der Waals surface area contributed by atoms with Crippen LogP contribution in [-0.2, 0) is 5.41 Å². The summed E-state index contributed by atoms with van der Waals surface area (Å²) in [6.45, 7) is 7.98. The third kappa shape index (κ3) is 5.84. The fourth-order valence-electron chi connectivity index (χ4n) is 8.61. The predicted molar refractivity (Wildman–Crippen MR) is 233 cm³/mol. The van der Waals surface area contributed by atoms with Gasteiger partial charge in [0.15, 0.2) is 11.5 Å². The van der Waals surface area contributed by atoms with E-state index in [1.54, 1.807) is 0 Å². The van der Waals surface area contributed by atoms with Crippen molar-refractivity contribution >= 4 is 5.69 Å². The van der Waals surface area contributed by atoms with Gasteiger partial charge in [-0.05, 0) is 73.8 Å². The second kappa shape index (κ2) is 14.2. The molecule has 1 aromatic heterocycles. The first-order valence-corrected chi connectivity index (χ1v) is 19.2. The average Bonchev–Trinajstić information content (AvgIpc) is 3.60. The Morgan fingerprint density at radius 3 is 1.54 bits per heavy atom. The Kier molecular flexibility index (Phi) is 8.43. The van der Waals surface area contributed by atoms with Crippen molar-refractivity contribution in [3.8, 4) is 67.3 Å². The van der Waals surface area contributed by atoms with E-state index >= 15 is 0 Å². The monoisotopic (exact) mass is 725 g/mol. The van der Waals surface area contributed by atoms with E-state index in [2.05, 4.69) is 187 Å². The van der Waals surface area contributed by atoms with E-state index in [1.165, 1.54) is 27.8 Å². The van der Waals surface area contributed by atoms with Crippen LogP contribution in [0.25, 0.3) is 72.1 Å². The molecule has 0 saturated carbocycles. The summed E-state index contributed by atoms with van der Waals surface area (Å²) >= 11 is 0. The smallest absolute Gasteiger partial charge is 0.187 e. The molecule has 0 radical (unpaired) electrons. The molecule has 0 unspecified atom stereocenters. The Morgan fingerprint density at radius 1 is 0.368 bits per heavy atom. The molecule has 266 valence electrons. The maximum Gasteiger partial charge on any atom is 0.187 e. The average molecular weight is 726 g/mol. The summed E-state index contributed by atoms with van der Waals surface area (Å²) in [5.74, 6) is 0.678. The van der Waals surface area contributed by atoms with Gasteiger partial charge >= 0.3 is 0 Å². The van der Waals surface area contributed by atoms with Gasteiger partial charge in [-0.15, -0.1) is 0 Å². The fourth-order valence-corrected chi connectivity index (χ4v) is 8.61. The molecule has 1 aliphatic rings. The highest BCUT2D eigenvalue weighted by Gasteiger charge is 2.46. The number of hydrogen-bond acceptors (Lipinski definition) is 2. The molecule has 8 aromatic carbocycles. The third-order valence-electron chi connectivity index (χ3n) is 11.2. The molecule has 10 rings (SSSR count). The molecule has 9 aromatic rings. The molecule has 0 N–H and O–H groups in total. The first-order chi connectivity index (χ1) is 28.2. The summed E-state index contributed by atoms with van der Waals surface area (Å²) in [5.41, 5.74) is 16.3. The van der Waals surface area contributed by atoms with Crippen LogP contribution in [0.1, 0.15) is 22.3 Å². The van der Waals surface area contributed by atoms with Crippen LogP contribution >= 0.6 is 0 Å². The van der Waals surface area contributed by atoms with Crippen LogP contribution in [-0.4, -0.2) is 9.97 Å². The van der Waals surface area contributed by atoms with E-state index in [1.807, 2.05) is 30.3 Å². The van der Waals surface area contributed by atoms with Crippen molar-refractivity contribution in [3.05, 3.63) is 246 Å². The van der Waals surface area contributed by atoms with E-state index in [0.29, 0.717) is 11.5 Å². The zero-order valence-electron chi connectivity index (χ0n) is 31.0. The molecule has 1 heterocycles. The van der Waals surface area contributed by atoms with Crippen LogP contribution in [0.15, 0.2) is 212 Å². The summed E-state index contributed by atoms with van der Waals surface area (Å²) in [7, 11) is 0. The Labute approximate surface area is 333 Å². The highest BCUT2D eigenvalue weighted by atomic mass is 14.9. The van der Waals surface area contributed by atoms with Crippen LogP contribution < -0.4 is 0 Å². The Bertz CT molecular complexity index is 2890. The Balaban J connectivity index is 1.15. The van der Waals surface area contributed by atoms with Crippen molar-refractivity contribution in [2.24, 2.45) is 0 Å². The normalized spacial score (nSPS) is 12.3. The lowest BCUT2D eigenvalue weighted by Crippen LogP contribution is -2.28. The van der Waals surface area contributed by atoms with E-state index in [0.717, 1.165) is 55.9 Å². The highest BCUT2D eigenvalue weighted by Crippen LogP contribution is 2.59. The molecular formula is C54H35N3. The molecule has 3 nitrogen and oxygen atoms in total. The van der Waals surface area contributed by atoms with Gasteiger partial charge in [0, 0.05) is 16.7 Å². The Hall–Kier alpha value is -7.67. The first-order valence-electron chi connectivity index (χ1n) is 19.2. The number of benzene rings is 8. The van der Waals surface area contributed by atoms with Crippen LogP contribution in [0.2, 0.25) is 0 Å². The van der Waals surface area contributed by atoms with Crippen molar-refractivity contribution in [3.63, 3.8) is 0 Å². The summed E-state index contributed by atoms with van der Waals surface area (Å²) in [6.07, 6.45) is 0. The van der Waals surface area contributed by atoms with Gasteiger partial charge in [0.1, 0.15) is 0 Å². The minimum atomic E-state index is -0.566. The van der Waals surface area contributed by atoms with Gasteiger partial charge in [-0.1, -0.05) is 194 Å². The van der Waals surface area contributed by atoms with Gasteiger partial charge in [0.25, 0.3) is 0 Å². The topological polar surface area (TPSA) is 30.1 Å². The van der Waals surface area contributed by atoms with Gasteiger partial charge in [0.05, 0.1) is 23.4 Å². The van der Waals surface area contributed by atoms with Gasteiger partial charge in [0.2, 0.25) is 0 Å². The lowest BCUT2D eigenvalue weighted by Gasteiger charge is -2.34. The zero-order chi connectivity index (χ0) is 38.2. The van der Waals surface area contributed by atoms with Crippen molar-refractivity contribution < 1.29 is 0 Å². The van der Waals surface area contributed by atoms with E-state index in [9.17, 15) is 0 Å². The maximum atomic E-state index is 7.98. The van der Waals surface area contributed by atoms with Crippen molar-refractivity contribution in [1.29, 1.82) is 0 Å². The standard InChI is InChI=1S/C54H35N3/c1-55-45-32-33-48-47(35-45)52-46(26-15-27-49(52)54(48,43-22-10-4-11-23-43)44-24-12-5-13-25-44)41-20-14-21-42(34-41)51-36-50(56-53(57-51)40-18-8-3-9-19-40)39-30-28-38(29-31-39)37-16-6-2-7-17-37/h2-36H. The molecule has 0 atom stereocenters. The summed E-state index contributed by atoms with van der Waals surface area (Å²) in [4.78, 5) is 14.2. The maximum absolute atomic E-state index is 7.98. The van der Waals surface area contributed by atoms with Crippen molar-refractivity contribution in [2.45, 2.75) is 5.41 Å². The van der Waals surface area contributed by atoms with Crippen molar-refractivity contribution in [1.82, 2.24) is 9.97 Å². The molecule has 0 amide bonds. The highest BCUT2D eigenvalue weighted by molar-refractivity contribution is 5.97. The second-order valence-electron chi connectivity index (χ2n) is 14.4. The summed E-state index contributed by atoms with van der Waals surface area (Å²) in [6, 6.07) is 74.5. The van der Waals surface area contributed by atoms with E-state index < -0.39 is 5.41 Å². The summed E-state index contributed by atoms with van der Waals surface area (Å²) in [5, 5.41) is 0. The van der Waals surface area contributed by atoms with Crippen LogP contribution in [0.4, 0.5) is 5.69 Å². The molecule has 0 bridgehead atoms. The van der Waals surface area contributed by atoms with Crippen LogP contribution in [0.5, 0.6) is 0 Å². The number of rotatable bonds is 7. The van der Waals surface area contributed by atoms with Crippen LogP contribution in [0, 0.1) is 6.57 Å².